The molecule has 0 saturated heterocycles. The van der Waals surface area contributed by atoms with Crippen LogP contribution < -0.4 is 10.1 Å². The van der Waals surface area contributed by atoms with E-state index in [1.807, 2.05) is 45.0 Å². The van der Waals surface area contributed by atoms with Gasteiger partial charge in [0.1, 0.15) is 18.4 Å². The van der Waals surface area contributed by atoms with Crippen LogP contribution in [0.4, 0.5) is 0 Å². The van der Waals surface area contributed by atoms with Gasteiger partial charge in [-0.2, -0.15) is 0 Å². The van der Waals surface area contributed by atoms with Gasteiger partial charge in [0.05, 0.1) is 7.11 Å². The lowest BCUT2D eigenvalue weighted by molar-refractivity contribution is -0.144. The molecule has 0 aliphatic carbocycles. The Hall–Kier alpha value is -1.55. The van der Waals surface area contributed by atoms with Gasteiger partial charge >= 0.3 is 5.97 Å². The lowest BCUT2D eigenvalue weighted by atomic mass is 10.2. The normalized spacial score (nSPS) is 12.3. The van der Waals surface area contributed by atoms with Gasteiger partial charge in [-0.15, -0.1) is 0 Å². The Morgan fingerprint density at radius 1 is 1.28 bits per heavy atom. The van der Waals surface area contributed by atoms with Crippen molar-refractivity contribution in [3.8, 4) is 5.75 Å². The number of hydrogen-bond donors (Lipinski definition) is 1. The minimum absolute atomic E-state index is 0.190. The first-order chi connectivity index (χ1) is 8.52. The third kappa shape index (κ3) is 4.75. The van der Waals surface area contributed by atoms with Crippen LogP contribution >= 0.6 is 0 Å². The third-order valence-corrected chi connectivity index (χ3v) is 2.46. The summed E-state index contributed by atoms with van der Waals surface area (Å²) in [6.07, 6.45) is 0. The number of esters is 1. The van der Waals surface area contributed by atoms with E-state index in [0.717, 1.165) is 5.75 Å². The van der Waals surface area contributed by atoms with Gasteiger partial charge in [0, 0.05) is 6.04 Å². The highest BCUT2D eigenvalue weighted by molar-refractivity contribution is 5.75. The van der Waals surface area contributed by atoms with E-state index in [1.165, 1.54) is 12.7 Å². The predicted molar refractivity (Wildman–Crippen MR) is 70.7 cm³/mol. The predicted octanol–water partition coefficient (Wildman–Crippen LogP) is 1.91. The molecule has 0 fully saturated rings. The molecule has 1 unspecified atom stereocenters. The Morgan fingerprint density at radius 3 is 2.39 bits per heavy atom. The van der Waals surface area contributed by atoms with Gasteiger partial charge in [-0.25, -0.2) is 0 Å². The summed E-state index contributed by atoms with van der Waals surface area (Å²) in [4.78, 5) is 11.6. The molecule has 0 aliphatic rings. The maximum atomic E-state index is 11.6. The van der Waals surface area contributed by atoms with Crippen LogP contribution in [0.15, 0.2) is 24.3 Å². The minimum Gasteiger partial charge on any atom is -0.491 e. The van der Waals surface area contributed by atoms with Crippen LogP contribution in [0.2, 0.25) is 0 Å². The summed E-state index contributed by atoms with van der Waals surface area (Å²) in [6.45, 7) is 6.22. The van der Waals surface area contributed by atoms with E-state index in [1.54, 1.807) is 0 Å². The van der Waals surface area contributed by atoms with Gasteiger partial charge in [-0.05, 0) is 19.1 Å². The van der Waals surface area contributed by atoms with Crippen LogP contribution in [0.5, 0.6) is 5.75 Å². The van der Waals surface area contributed by atoms with Gasteiger partial charge in [-0.1, -0.05) is 31.5 Å². The molecule has 1 aromatic rings. The van der Waals surface area contributed by atoms with E-state index in [0.29, 0.717) is 0 Å². The van der Waals surface area contributed by atoms with Crippen LogP contribution in [-0.2, 0) is 9.53 Å². The average molecular weight is 251 g/mol. The lowest BCUT2D eigenvalue weighted by Gasteiger charge is -2.19. The number of carbonyl (C=O) groups excluding carboxylic acids is 1. The molecule has 0 saturated carbocycles. The number of benzene rings is 1. The molecule has 1 aromatic carbocycles. The molecule has 100 valence electrons. The van der Waals surface area contributed by atoms with Crippen molar-refractivity contribution in [2.24, 2.45) is 0 Å². The topological polar surface area (TPSA) is 47.6 Å². The van der Waals surface area contributed by atoms with Crippen LogP contribution in [0.25, 0.3) is 0 Å². The first-order valence-electron chi connectivity index (χ1n) is 6.06. The van der Waals surface area contributed by atoms with E-state index < -0.39 is 6.04 Å². The van der Waals surface area contributed by atoms with Gasteiger partial charge in [-0.3, -0.25) is 10.1 Å². The van der Waals surface area contributed by atoms with Crippen molar-refractivity contribution >= 4 is 5.97 Å². The van der Waals surface area contributed by atoms with Crippen molar-refractivity contribution in [1.82, 2.24) is 5.32 Å². The molecule has 0 aromatic heterocycles. The number of ether oxygens (including phenoxy) is 2. The number of rotatable bonds is 6. The number of aryl methyl sites for hydroxylation is 1. The van der Waals surface area contributed by atoms with Crippen molar-refractivity contribution in [3.63, 3.8) is 0 Å². The quantitative estimate of drug-likeness (QED) is 0.785. The fraction of sp³-hybridized carbons (Fsp3) is 0.500. The van der Waals surface area contributed by atoms with Gasteiger partial charge < -0.3 is 9.47 Å². The molecule has 4 nitrogen and oxygen atoms in total. The lowest BCUT2D eigenvalue weighted by Crippen LogP contribution is -2.45. The molecule has 4 heteroatoms. The molecule has 18 heavy (non-hydrogen) atoms. The Bertz CT molecular complexity index is 373. The maximum absolute atomic E-state index is 11.6. The fourth-order valence-corrected chi connectivity index (χ4v) is 1.54. The fourth-order valence-electron chi connectivity index (χ4n) is 1.54. The van der Waals surface area contributed by atoms with E-state index in [4.69, 9.17) is 9.47 Å². The minimum atomic E-state index is -0.448. The molecule has 1 N–H and O–H groups in total. The molecule has 0 spiro atoms. The van der Waals surface area contributed by atoms with Crippen LogP contribution in [0.3, 0.4) is 0 Å². The smallest absolute Gasteiger partial charge is 0.326 e. The van der Waals surface area contributed by atoms with Crippen LogP contribution in [-0.4, -0.2) is 31.8 Å². The zero-order chi connectivity index (χ0) is 13.5. The van der Waals surface area contributed by atoms with E-state index >= 15 is 0 Å². The highest BCUT2D eigenvalue weighted by atomic mass is 16.5. The van der Waals surface area contributed by atoms with Crippen molar-refractivity contribution in [2.45, 2.75) is 32.9 Å². The zero-order valence-corrected chi connectivity index (χ0v) is 11.4. The third-order valence-electron chi connectivity index (χ3n) is 2.46. The standard InChI is InChI=1S/C14H21NO3/c1-10(2)15-13(14(16)17-4)9-18-12-7-5-11(3)6-8-12/h5-8,10,13,15H,9H2,1-4H3. The number of methoxy groups -OCH3 is 1. The Kier molecular flexibility index (Phi) is 5.65. The summed E-state index contributed by atoms with van der Waals surface area (Å²) < 4.78 is 10.3. The van der Waals surface area contributed by atoms with E-state index in [-0.39, 0.29) is 18.6 Å². The molecular formula is C14H21NO3. The molecule has 1 rings (SSSR count). The monoisotopic (exact) mass is 251 g/mol. The molecule has 0 aliphatic heterocycles. The second-order valence-electron chi connectivity index (χ2n) is 4.52. The van der Waals surface area contributed by atoms with E-state index in [2.05, 4.69) is 5.32 Å². The Labute approximate surface area is 108 Å². The molecular weight excluding hydrogens is 230 g/mol. The molecule has 0 heterocycles. The first kappa shape index (κ1) is 14.5. The van der Waals surface area contributed by atoms with Crippen molar-refractivity contribution in [1.29, 1.82) is 0 Å². The zero-order valence-electron chi connectivity index (χ0n) is 11.4. The average Bonchev–Trinajstić information content (AvgIpc) is 2.35. The first-order valence-corrected chi connectivity index (χ1v) is 6.06. The van der Waals surface area contributed by atoms with Crippen molar-refractivity contribution in [3.05, 3.63) is 29.8 Å². The number of carbonyl (C=O) groups is 1. The molecule has 0 amide bonds. The maximum Gasteiger partial charge on any atom is 0.326 e. The number of hydrogen-bond acceptors (Lipinski definition) is 4. The Morgan fingerprint density at radius 2 is 1.89 bits per heavy atom. The summed E-state index contributed by atoms with van der Waals surface area (Å²) in [7, 11) is 1.38. The largest absolute Gasteiger partial charge is 0.491 e. The molecule has 0 bridgehead atoms. The SMILES string of the molecule is COC(=O)C(COc1ccc(C)cc1)NC(C)C. The second-order valence-corrected chi connectivity index (χ2v) is 4.52. The summed E-state index contributed by atoms with van der Waals surface area (Å²) in [6, 6.07) is 7.46. The summed E-state index contributed by atoms with van der Waals surface area (Å²) >= 11 is 0. The number of nitrogens with one attached hydrogen (secondary N) is 1. The second kappa shape index (κ2) is 7.01. The van der Waals surface area contributed by atoms with Crippen LogP contribution in [0.1, 0.15) is 19.4 Å². The van der Waals surface area contributed by atoms with Gasteiger partial charge in [0.25, 0.3) is 0 Å². The highest BCUT2D eigenvalue weighted by Crippen LogP contribution is 2.11. The van der Waals surface area contributed by atoms with Crippen molar-refractivity contribution in [2.75, 3.05) is 13.7 Å². The molecule has 0 radical (unpaired) electrons. The van der Waals surface area contributed by atoms with Crippen molar-refractivity contribution < 1.29 is 14.3 Å². The van der Waals surface area contributed by atoms with Gasteiger partial charge in [0.15, 0.2) is 0 Å². The van der Waals surface area contributed by atoms with Gasteiger partial charge in [0.2, 0.25) is 0 Å². The summed E-state index contributed by atoms with van der Waals surface area (Å²) in [5.41, 5.74) is 1.17. The highest BCUT2D eigenvalue weighted by Gasteiger charge is 2.20. The Balaban J connectivity index is 2.55. The van der Waals surface area contributed by atoms with Crippen LogP contribution in [0, 0.1) is 6.92 Å². The summed E-state index contributed by atoms with van der Waals surface area (Å²) in [5.74, 6) is 0.441. The van der Waals surface area contributed by atoms with E-state index in [9.17, 15) is 4.79 Å². The molecule has 1 atom stereocenters. The summed E-state index contributed by atoms with van der Waals surface area (Å²) in [5, 5.41) is 3.11.